The second-order valence-electron chi connectivity index (χ2n) is 11.4. The number of rotatable bonds is 9. The molecular formula is C30H39FN4O5S. The van der Waals surface area contributed by atoms with Crippen molar-refractivity contribution in [3.63, 3.8) is 0 Å². The molecule has 2 aromatic carbocycles. The van der Waals surface area contributed by atoms with Gasteiger partial charge in [-0.3, -0.25) is 9.59 Å². The summed E-state index contributed by atoms with van der Waals surface area (Å²) < 4.78 is 39.6. The average molecular weight is 587 g/mol. The lowest BCUT2D eigenvalue weighted by Crippen LogP contribution is -2.56. The third-order valence-electron chi connectivity index (χ3n) is 8.02. The van der Waals surface area contributed by atoms with Gasteiger partial charge in [0.1, 0.15) is 5.82 Å². The molecule has 1 unspecified atom stereocenters. The number of carbonyl (C=O) groups is 3. The second-order valence-corrected chi connectivity index (χ2v) is 13.4. The first-order valence-electron chi connectivity index (χ1n) is 14.0. The normalized spacial score (nSPS) is 22.2. The molecule has 2 aliphatic heterocycles. The number of Topliss-reactive ketones (excluding diaryl/α,β-unsaturated/α-hetero) is 2. The Balaban J connectivity index is 1.44. The standard InChI is InChI=1S/C30H39FN4O5S/c1-20(36)24-14-25(21(2)37)16-28(15-24)32-30(38)33-29-10-12-35(41(3,39)40)19-26(29)18-34-11-4-5-23(17-34)13-22-6-8-27(31)9-7-22/h6-9,14-16,23,26,29H,4-5,10-13,17-19H2,1-3H3,(H2,32,33,38)/t23?,26-,29-/m1/s1. The van der Waals surface area contributed by atoms with Crippen molar-refractivity contribution in [2.75, 3.05) is 44.3 Å². The smallest absolute Gasteiger partial charge is 0.319 e. The maximum atomic E-state index is 13.3. The van der Waals surface area contributed by atoms with Gasteiger partial charge in [-0.15, -0.1) is 0 Å². The molecule has 0 saturated carbocycles. The number of nitrogens with one attached hydrogen (secondary N) is 2. The summed E-state index contributed by atoms with van der Waals surface area (Å²) in [5.74, 6) is -0.416. The van der Waals surface area contributed by atoms with E-state index in [4.69, 9.17) is 0 Å². The number of urea groups is 1. The van der Waals surface area contributed by atoms with Crippen LogP contribution in [-0.4, -0.2) is 80.2 Å². The molecule has 41 heavy (non-hydrogen) atoms. The number of amides is 2. The number of anilines is 1. The van der Waals surface area contributed by atoms with E-state index in [1.807, 2.05) is 12.1 Å². The van der Waals surface area contributed by atoms with E-state index in [0.29, 0.717) is 48.8 Å². The molecule has 0 bridgehead atoms. The molecular weight excluding hydrogens is 547 g/mol. The van der Waals surface area contributed by atoms with Gasteiger partial charge in [-0.05, 0) is 87.9 Å². The molecule has 0 radical (unpaired) electrons. The molecule has 2 amide bonds. The lowest BCUT2D eigenvalue weighted by Gasteiger charge is -2.42. The third-order valence-corrected chi connectivity index (χ3v) is 9.29. The molecule has 4 rings (SSSR count). The fraction of sp³-hybridized carbons (Fsp3) is 0.500. The van der Waals surface area contributed by atoms with E-state index < -0.39 is 16.1 Å². The third kappa shape index (κ3) is 8.67. The Morgan fingerprint density at radius 2 is 1.61 bits per heavy atom. The Morgan fingerprint density at radius 1 is 0.951 bits per heavy atom. The van der Waals surface area contributed by atoms with Crippen molar-refractivity contribution < 1.29 is 27.2 Å². The average Bonchev–Trinajstić information content (AvgIpc) is 2.90. The molecule has 3 atom stereocenters. The van der Waals surface area contributed by atoms with Crippen LogP contribution in [0.2, 0.25) is 0 Å². The van der Waals surface area contributed by atoms with E-state index in [0.717, 1.165) is 37.9 Å². The molecule has 2 N–H and O–H groups in total. The lowest BCUT2D eigenvalue weighted by molar-refractivity contribution is 0.101. The summed E-state index contributed by atoms with van der Waals surface area (Å²) in [6, 6.07) is 10.4. The number of ketones is 2. The number of benzene rings is 2. The first-order valence-corrected chi connectivity index (χ1v) is 15.9. The van der Waals surface area contributed by atoms with Crippen LogP contribution in [0.1, 0.15) is 59.4 Å². The number of piperidine rings is 2. The van der Waals surface area contributed by atoms with Gasteiger partial charge < -0.3 is 15.5 Å². The summed E-state index contributed by atoms with van der Waals surface area (Å²) in [4.78, 5) is 39.3. The van der Waals surface area contributed by atoms with Crippen LogP contribution in [-0.2, 0) is 16.4 Å². The Kier molecular flexibility index (Phi) is 9.93. The number of carbonyl (C=O) groups excluding carboxylic acids is 3. The fourth-order valence-corrected chi connectivity index (χ4v) is 6.79. The van der Waals surface area contributed by atoms with Crippen molar-refractivity contribution >= 4 is 33.3 Å². The Hall–Kier alpha value is -3.15. The minimum atomic E-state index is -3.39. The number of hydrogen-bond acceptors (Lipinski definition) is 6. The molecule has 2 aromatic rings. The Bertz CT molecular complexity index is 1350. The molecule has 2 saturated heterocycles. The molecule has 2 aliphatic rings. The lowest BCUT2D eigenvalue weighted by atomic mass is 9.88. The zero-order valence-corrected chi connectivity index (χ0v) is 24.7. The minimum absolute atomic E-state index is 0.134. The van der Waals surface area contributed by atoms with Crippen LogP contribution in [0.15, 0.2) is 42.5 Å². The first kappa shape index (κ1) is 30.8. The van der Waals surface area contributed by atoms with Crippen LogP contribution in [0.3, 0.4) is 0 Å². The summed E-state index contributed by atoms with van der Waals surface area (Å²) in [7, 11) is -3.39. The number of hydrogen-bond donors (Lipinski definition) is 2. The van der Waals surface area contributed by atoms with Crippen molar-refractivity contribution in [3.8, 4) is 0 Å². The Morgan fingerprint density at radius 3 is 2.22 bits per heavy atom. The number of nitrogens with zero attached hydrogens (tertiary/aromatic N) is 2. The zero-order valence-electron chi connectivity index (χ0n) is 23.9. The predicted octanol–water partition coefficient (Wildman–Crippen LogP) is 3.96. The molecule has 0 aromatic heterocycles. The van der Waals surface area contributed by atoms with Gasteiger partial charge in [0.25, 0.3) is 0 Å². The fourth-order valence-electron chi connectivity index (χ4n) is 5.89. The van der Waals surface area contributed by atoms with E-state index in [-0.39, 0.29) is 29.3 Å². The van der Waals surface area contributed by atoms with Crippen molar-refractivity contribution in [2.24, 2.45) is 11.8 Å². The monoisotopic (exact) mass is 586 g/mol. The minimum Gasteiger partial charge on any atom is -0.335 e. The van der Waals surface area contributed by atoms with Gasteiger partial charge in [-0.2, -0.15) is 0 Å². The molecule has 2 heterocycles. The van der Waals surface area contributed by atoms with Gasteiger partial charge >= 0.3 is 6.03 Å². The zero-order chi connectivity index (χ0) is 29.7. The van der Waals surface area contributed by atoms with Gasteiger partial charge in [0, 0.05) is 55.0 Å². The predicted molar refractivity (Wildman–Crippen MR) is 156 cm³/mol. The van der Waals surface area contributed by atoms with Gasteiger partial charge in [0.15, 0.2) is 11.6 Å². The summed E-state index contributed by atoms with van der Waals surface area (Å²) >= 11 is 0. The summed E-state index contributed by atoms with van der Waals surface area (Å²) in [5.41, 5.74) is 2.09. The highest BCUT2D eigenvalue weighted by atomic mass is 32.2. The molecule has 0 spiro atoms. The summed E-state index contributed by atoms with van der Waals surface area (Å²) in [5, 5.41) is 5.79. The highest BCUT2D eigenvalue weighted by Gasteiger charge is 2.36. The highest BCUT2D eigenvalue weighted by molar-refractivity contribution is 7.88. The largest absolute Gasteiger partial charge is 0.335 e. The molecule has 222 valence electrons. The molecule has 9 nitrogen and oxygen atoms in total. The van der Waals surface area contributed by atoms with E-state index in [1.54, 1.807) is 0 Å². The van der Waals surface area contributed by atoms with E-state index in [1.165, 1.54) is 54.7 Å². The summed E-state index contributed by atoms with van der Waals surface area (Å²) in [6.45, 7) is 5.77. The van der Waals surface area contributed by atoms with Crippen LogP contribution in [0.5, 0.6) is 0 Å². The molecule has 2 fully saturated rings. The van der Waals surface area contributed by atoms with Gasteiger partial charge in [-0.25, -0.2) is 21.9 Å². The topological polar surface area (TPSA) is 116 Å². The molecule has 0 aliphatic carbocycles. The van der Waals surface area contributed by atoms with Crippen LogP contribution >= 0.6 is 0 Å². The van der Waals surface area contributed by atoms with Gasteiger partial charge in [0.2, 0.25) is 10.0 Å². The number of likely N-dealkylation sites (tertiary alicyclic amines) is 1. The van der Waals surface area contributed by atoms with Crippen molar-refractivity contribution in [3.05, 3.63) is 65.0 Å². The maximum absolute atomic E-state index is 13.3. The number of sulfonamides is 1. The quantitative estimate of drug-likeness (QED) is 0.430. The maximum Gasteiger partial charge on any atom is 0.319 e. The van der Waals surface area contributed by atoms with Crippen LogP contribution < -0.4 is 10.6 Å². The molecule has 11 heteroatoms. The van der Waals surface area contributed by atoms with E-state index >= 15 is 0 Å². The summed E-state index contributed by atoms with van der Waals surface area (Å²) in [6.07, 6.45) is 4.60. The SMILES string of the molecule is CC(=O)c1cc(NC(=O)N[C@@H]2CCN(S(C)(=O)=O)C[C@H]2CN2CCCC(Cc3ccc(F)cc3)C2)cc(C(C)=O)c1. The van der Waals surface area contributed by atoms with Crippen LogP contribution in [0, 0.1) is 17.7 Å². The van der Waals surface area contributed by atoms with Crippen LogP contribution in [0.25, 0.3) is 0 Å². The van der Waals surface area contributed by atoms with Crippen molar-refractivity contribution in [1.82, 2.24) is 14.5 Å². The number of halogens is 1. The van der Waals surface area contributed by atoms with Crippen molar-refractivity contribution in [2.45, 2.75) is 45.6 Å². The van der Waals surface area contributed by atoms with Gasteiger partial charge in [-0.1, -0.05) is 12.1 Å². The van der Waals surface area contributed by atoms with E-state index in [9.17, 15) is 27.2 Å². The van der Waals surface area contributed by atoms with Crippen LogP contribution in [0.4, 0.5) is 14.9 Å². The van der Waals surface area contributed by atoms with Gasteiger partial charge in [0.05, 0.1) is 6.26 Å². The second kappa shape index (κ2) is 13.2. The highest BCUT2D eigenvalue weighted by Crippen LogP contribution is 2.26. The van der Waals surface area contributed by atoms with Crippen molar-refractivity contribution in [1.29, 1.82) is 0 Å². The first-order chi connectivity index (χ1) is 19.4. The van der Waals surface area contributed by atoms with E-state index in [2.05, 4.69) is 15.5 Å². The Labute approximate surface area is 241 Å².